The summed E-state index contributed by atoms with van der Waals surface area (Å²) in [5.41, 5.74) is 10.9. The SMILES string of the molecule is c1ccc(-c2nc(-c3ccc(-c4ccc5cc(-c6c7ccccc7cc7c6ccc6ccccc67)ccc5c4)cc3)cc(-c3cccc(-c4cc5ccccc5s4)c3)n2)cc1. The predicted octanol–water partition coefficient (Wildman–Crippen LogP) is 16.3. The lowest BCUT2D eigenvalue weighted by molar-refractivity contribution is 1.18. The van der Waals surface area contributed by atoms with Crippen molar-refractivity contribution in [2.75, 3.05) is 0 Å². The second-order valence-corrected chi connectivity index (χ2v) is 16.8. The average Bonchev–Trinajstić information content (AvgIpc) is 3.78. The minimum Gasteiger partial charge on any atom is -0.228 e. The summed E-state index contributed by atoms with van der Waals surface area (Å²) in [6.07, 6.45) is 0. The fourth-order valence-corrected chi connectivity index (χ4v) is 10.0. The molecule has 0 saturated heterocycles. The Bertz CT molecular complexity index is 3610. The molecule has 0 amide bonds. The molecule has 10 aromatic carbocycles. The van der Waals surface area contributed by atoms with Crippen LogP contribution in [0.1, 0.15) is 0 Å². The first-order valence-corrected chi connectivity index (χ1v) is 21.5. The molecule has 12 aromatic rings. The lowest BCUT2D eigenvalue weighted by atomic mass is 9.89. The van der Waals surface area contributed by atoms with Gasteiger partial charge in [-0.15, -0.1) is 11.3 Å². The molecule has 0 spiro atoms. The summed E-state index contributed by atoms with van der Waals surface area (Å²) in [7, 11) is 0. The molecular formula is C58H36N2S. The zero-order valence-corrected chi connectivity index (χ0v) is 33.9. The summed E-state index contributed by atoms with van der Waals surface area (Å²) in [4.78, 5) is 11.5. The standard InChI is InChI=1S/C58H36N2S/c1-2-12-40(13-3-1)58-59-53(36-54(60-58)45-16-10-17-46(33-45)56-35-47-15-6-9-20-55(47)61-56)39-23-21-37(22-24-39)41-25-26-43-32-48(28-27-42(43)31-41)57-50-19-8-5-14-44(50)34-52-49-18-7-4-11-38(49)29-30-51(52)57/h1-36H. The van der Waals surface area contributed by atoms with Gasteiger partial charge in [-0.25, -0.2) is 9.97 Å². The van der Waals surface area contributed by atoms with Gasteiger partial charge in [0.15, 0.2) is 5.82 Å². The Morgan fingerprint density at radius 3 is 1.70 bits per heavy atom. The molecule has 0 atom stereocenters. The molecule has 3 heteroatoms. The maximum atomic E-state index is 5.13. The molecule has 0 N–H and O–H groups in total. The molecule has 0 radical (unpaired) electrons. The normalized spacial score (nSPS) is 11.6. The molecule has 2 nitrogen and oxygen atoms in total. The highest BCUT2D eigenvalue weighted by Gasteiger charge is 2.15. The number of thiophene rings is 1. The minimum absolute atomic E-state index is 0.711. The molecule has 0 aliphatic carbocycles. The van der Waals surface area contributed by atoms with E-state index in [1.807, 2.05) is 29.5 Å². The summed E-state index contributed by atoms with van der Waals surface area (Å²) in [5.74, 6) is 0.711. The van der Waals surface area contributed by atoms with Gasteiger partial charge in [0.1, 0.15) is 0 Å². The first-order chi connectivity index (χ1) is 30.2. The smallest absolute Gasteiger partial charge is 0.160 e. The highest BCUT2D eigenvalue weighted by Crippen LogP contribution is 2.41. The summed E-state index contributed by atoms with van der Waals surface area (Å²) in [6, 6.07) is 78.9. The van der Waals surface area contributed by atoms with Gasteiger partial charge in [-0.3, -0.25) is 0 Å². The highest BCUT2D eigenvalue weighted by atomic mass is 32.1. The van der Waals surface area contributed by atoms with Crippen molar-refractivity contribution in [2.24, 2.45) is 0 Å². The van der Waals surface area contributed by atoms with Gasteiger partial charge in [-0.2, -0.15) is 0 Å². The average molecular weight is 793 g/mol. The van der Waals surface area contributed by atoms with Crippen LogP contribution >= 0.6 is 11.3 Å². The van der Waals surface area contributed by atoms with Crippen LogP contribution in [-0.4, -0.2) is 9.97 Å². The van der Waals surface area contributed by atoms with Gasteiger partial charge < -0.3 is 0 Å². The molecule has 2 aromatic heterocycles. The number of hydrogen-bond acceptors (Lipinski definition) is 3. The van der Waals surface area contributed by atoms with Crippen LogP contribution in [-0.2, 0) is 0 Å². The van der Waals surface area contributed by atoms with Gasteiger partial charge >= 0.3 is 0 Å². The van der Waals surface area contributed by atoms with Gasteiger partial charge in [0, 0.05) is 26.3 Å². The van der Waals surface area contributed by atoms with E-state index in [0.29, 0.717) is 5.82 Å². The first kappa shape index (κ1) is 35.2. The Hall–Kier alpha value is -7.72. The largest absolute Gasteiger partial charge is 0.228 e. The van der Waals surface area contributed by atoms with Crippen molar-refractivity contribution in [2.45, 2.75) is 0 Å². The molecule has 12 rings (SSSR count). The number of nitrogens with zero attached hydrogens (tertiary/aromatic N) is 2. The van der Waals surface area contributed by atoms with Gasteiger partial charge in [-0.1, -0.05) is 176 Å². The predicted molar refractivity (Wildman–Crippen MR) is 260 cm³/mol. The van der Waals surface area contributed by atoms with E-state index in [-0.39, 0.29) is 0 Å². The maximum Gasteiger partial charge on any atom is 0.160 e. The van der Waals surface area contributed by atoms with E-state index in [4.69, 9.17) is 9.97 Å². The molecule has 2 heterocycles. The van der Waals surface area contributed by atoms with Crippen molar-refractivity contribution >= 4 is 64.5 Å². The zero-order chi connectivity index (χ0) is 40.3. The third kappa shape index (κ3) is 6.35. The second kappa shape index (κ2) is 14.5. The molecular weight excluding hydrogens is 757 g/mol. The molecule has 0 aliphatic heterocycles. The van der Waals surface area contributed by atoms with Crippen molar-refractivity contribution in [1.82, 2.24) is 9.97 Å². The van der Waals surface area contributed by atoms with Crippen molar-refractivity contribution in [1.29, 1.82) is 0 Å². The molecule has 0 saturated carbocycles. The van der Waals surface area contributed by atoms with E-state index in [1.165, 1.54) is 80.3 Å². The fraction of sp³-hybridized carbons (Fsp3) is 0. The van der Waals surface area contributed by atoms with Crippen molar-refractivity contribution in [3.05, 3.63) is 218 Å². The molecule has 284 valence electrons. The van der Waals surface area contributed by atoms with Crippen molar-refractivity contribution in [3.63, 3.8) is 0 Å². The van der Waals surface area contributed by atoms with Crippen LogP contribution in [0, 0.1) is 0 Å². The highest BCUT2D eigenvalue weighted by molar-refractivity contribution is 7.22. The summed E-state index contributed by atoms with van der Waals surface area (Å²) >= 11 is 1.82. The third-order valence-corrected chi connectivity index (χ3v) is 13.2. The topological polar surface area (TPSA) is 25.8 Å². The zero-order valence-electron chi connectivity index (χ0n) is 33.1. The van der Waals surface area contributed by atoms with Crippen LogP contribution in [0.15, 0.2) is 218 Å². The summed E-state index contributed by atoms with van der Waals surface area (Å²) in [5, 5.41) is 11.3. The van der Waals surface area contributed by atoms with Crippen LogP contribution in [0.2, 0.25) is 0 Å². The van der Waals surface area contributed by atoms with E-state index in [2.05, 4.69) is 200 Å². The summed E-state index contributed by atoms with van der Waals surface area (Å²) in [6.45, 7) is 0. The molecule has 0 bridgehead atoms. The van der Waals surface area contributed by atoms with Crippen LogP contribution in [0.5, 0.6) is 0 Å². The monoisotopic (exact) mass is 792 g/mol. The quantitative estimate of drug-likeness (QED) is 0.124. The van der Waals surface area contributed by atoms with Crippen LogP contribution in [0.3, 0.4) is 0 Å². The summed E-state index contributed by atoms with van der Waals surface area (Å²) < 4.78 is 1.29. The van der Waals surface area contributed by atoms with Gasteiger partial charge in [0.05, 0.1) is 11.4 Å². The van der Waals surface area contributed by atoms with Gasteiger partial charge in [0.25, 0.3) is 0 Å². The van der Waals surface area contributed by atoms with Gasteiger partial charge in [0.2, 0.25) is 0 Å². The number of aromatic nitrogens is 2. The van der Waals surface area contributed by atoms with E-state index >= 15 is 0 Å². The van der Waals surface area contributed by atoms with E-state index in [1.54, 1.807) is 0 Å². The van der Waals surface area contributed by atoms with E-state index < -0.39 is 0 Å². The number of fused-ring (bicyclic) bond motifs is 6. The Morgan fingerprint density at radius 1 is 0.279 bits per heavy atom. The van der Waals surface area contributed by atoms with Crippen LogP contribution in [0.25, 0.3) is 120 Å². The Kier molecular flexibility index (Phi) is 8.39. The first-order valence-electron chi connectivity index (χ1n) is 20.7. The molecule has 61 heavy (non-hydrogen) atoms. The van der Waals surface area contributed by atoms with Crippen molar-refractivity contribution in [3.8, 4) is 66.6 Å². The van der Waals surface area contributed by atoms with Crippen molar-refractivity contribution < 1.29 is 0 Å². The number of benzene rings is 10. The maximum absolute atomic E-state index is 5.13. The molecule has 0 fully saturated rings. The Labute approximate surface area is 357 Å². The lowest BCUT2D eigenvalue weighted by Gasteiger charge is -2.15. The third-order valence-electron chi connectivity index (χ3n) is 12.0. The van der Waals surface area contributed by atoms with Gasteiger partial charge in [-0.05, 0) is 119 Å². The lowest BCUT2D eigenvalue weighted by Crippen LogP contribution is -1.96. The number of rotatable bonds is 6. The van der Waals surface area contributed by atoms with E-state index in [0.717, 1.165) is 33.6 Å². The van der Waals surface area contributed by atoms with Crippen LogP contribution < -0.4 is 0 Å². The fourth-order valence-electron chi connectivity index (χ4n) is 8.96. The Morgan fingerprint density at radius 2 is 0.885 bits per heavy atom. The van der Waals surface area contributed by atoms with E-state index in [9.17, 15) is 0 Å². The Balaban J connectivity index is 0.895. The van der Waals surface area contributed by atoms with Crippen LogP contribution in [0.4, 0.5) is 0 Å². The second-order valence-electron chi connectivity index (χ2n) is 15.8. The minimum atomic E-state index is 0.711. The molecule has 0 unspecified atom stereocenters. The molecule has 0 aliphatic rings. The number of hydrogen-bond donors (Lipinski definition) is 0.